The second-order valence-electron chi connectivity index (χ2n) is 5.18. The van der Waals surface area contributed by atoms with Crippen molar-refractivity contribution in [2.45, 2.75) is 17.9 Å². The highest BCUT2D eigenvalue weighted by Crippen LogP contribution is 2.23. The van der Waals surface area contributed by atoms with Gasteiger partial charge in [-0.15, -0.1) is 11.8 Å². The fourth-order valence-corrected chi connectivity index (χ4v) is 2.66. The molecule has 8 heteroatoms. The number of benzene rings is 2. The Bertz CT molecular complexity index is 868. The molecule has 0 fully saturated rings. The van der Waals surface area contributed by atoms with Crippen molar-refractivity contribution in [2.75, 3.05) is 11.1 Å². The molecule has 0 radical (unpaired) electrons. The van der Waals surface area contributed by atoms with Crippen LogP contribution in [0.5, 0.6) is 0 Å². The zero-order chi connectivity index (χ0) is 19.1. The van der Waals surface area contributed by atoms with Crippen LogP contribution >= 0.6 is 11.8 Å². The summed E-state index contributed by atoms with van der Waals surface area (Å²) >= 11 is 0.775. The molecule has 0 aliphatic heterocycles. The maximum absolute atomic E-state index is 13.5. The Morgan fingerprint density at radius 3 is 2.77 bits per heavy atom. The molecule has 1 amide bonds. The second kappa shape index (κ2) is 8.97. The first-order valence-electron chi connectivity index (χ1n) is 7.47. The number of carbonyl (C=O) groups is 2. The molecular weight excluding hydrogens is 362 g/mol. The van der Waals surface area contributed by atoms with Gasteiger partial charge in [0.05, 0.1) is 17.4 Å². The lowest BCUT2D eigenvalue weighted by Crippen LogP contribution is -2.30. The van der Waals surface area contributed by atoms with Gasteiger partial charge in [-0.2, -0.15) is 5.26 Å². The number of halogens is 2. The van der Waals surface area contributed by atoms with E-state index in [1.165, 1.54) is 13.0 Å². The van der Waals surface area contributed by atoms with Crippen molar-refractivity contribution < 1.29 is 23.1 Å². The van der Waals surface area contributed by atoms with Crippen molar-refractivity contribution in [3.8, 4) is 6.07 Å². The van der Waals surface area contributed by atoms with E-state index in [-0.39, 0.29) is 10.6 Å². The highest BCUT2D eigenvalue weighted by Gasteiger charge is 2.18. The summed E-state index contributed by atoms with van der Waals surface area (Å²) in [4.78, 5) is 23.8. The van der Waals surface area contributed by atoms with Crippen molar-refractivity contribution in [1.29, 1.82) is 5.26 Å². The molecule has 0 saturated carbocycles. The van der Waals surface area contributed by atoms with Crippen molar-refractivity contribution in [3.63, 3.8) is 0 Å². The fraction of sp³-hybridized carbons (Fsp3) is 0.167. The van der Waals surface area contributed by atoms with Gasteiger partial charge in [-0.25, -0.2) is 8.78 Å². The number of rotatable bonds is 6. The van der Waals surface area contributed by atoms with Crippen LogP contribution in [0.25, 0.3) is 0 Å². The highest BCUT2D eigenvalue weighted by molar-refractivity contribution is 8.00. The highest BCUT2D eigenvalue weighted by atomic mass is 32.2. The minimum Gasteiger partial charge on any atom is -0.452 e. The van der Waals surface area contributed by atoms with E-state index in [0.717, 1.165) is 30.0 Å². The Kier molecular flexibility index (Phi) is 6.69. The number of nitriles is 1. The summed E-state index contributed by atoms with van der Waals surface area (Å²) in [6, 6.07) is 11.1. The first-order chi connectivity index (χ1) is 12.4. The number of anilines is 1. The third-order valence-corrected chi connectivity index (χ3v) is 4.18. The number of amides is 1. The predicted octanol–water partition coefficient (Wildman–Crippen LogP) is 3.50. The number of hydrogen-bond donors (Lipinski definition) is 1. The SMILES string of the molecule is C[C@H](OC(=O)CSc1cc(F)ccc1F)C(=O)Nc1cccc(C#N)c1. The standard InChI is InChI=1S/C18H14F2N2O3S/c1-11(18(24)22-14-4-2-3-12(7-14)9-21)25-17(23)10-26-16-8-13(19)5-6-15(16)20/h2-8,11H,10H2,1H3,(H,22,24)/t11-/m0/s1. The normalized spacial score (nSPS) is 11.3. The summed E-state index contributed by atoms with van der Waals surface area (Å²) in [7, 11) is 0. The van der Waals surface area contributed by atoms with Gasteiger partial charge in [-0.1, -0.05) is 6.07 Å². The lowest BCUT2D eigenvalue weighted by Gasteiger charge is -2.13. The van der Waals surface area contributed by atoms with Gasteiger partial charge in [-0.3, -0.25) is 9.59 Å². The molecule has 5 nitrogen and oxygen atoms in total. The van der Waals surface area contributed by atoms with E-state index in [9.17, 15) is 18.4 Å². The first kappa shape index (κ1) is 19.4. The van der Waals surface area contributed by atoms with Gasteiger partial charge in [0.15, 0.2) is 6.10 Å². The largest absolute Gasteiger partial charge is 0.452 e. The van der Waals surface area contributed by atoms with Crippen molar-refractivity contribution >= 4 is 29.3 Å². The number of hydrogen-bond acceptors (Lipinski definition) is 5. The van der Waals surface area contributed by atoms with E-state index >= 15 is 0 Å². The van der Waals surface area contributed by atoms with Crippen molar-refractivity contribution in [1.82, 2.24) is 0 Å². The number of nitrogens with one attached hydrogen (secondary N) is 1. The van der Waals surface area contributed by atoms with Crippen LogP contribution in [-0.2, 0) is 14.3 Å². The molecule has 2 rings (SSSR count). The van der Waals surface area contributed by atoms with E-state index in [1.54, 1.807) is 18.2 Å². The van der Waals surface area contributed by atoms with Gasteiger partial charge >= 0.3 is 5.97 Å². The Balaban J connectivity index is 1.86. The molecule has 0 unspecified atom stereocenters. The molecule has 134 valence electrons. The Morgan fingerprint density at radius 2 is 2.04 bits per heavy atom. The maximum Gasteiger partial charge on any atom is 0.317 e. The van der Waals surface area contributed by atoms with Crippen molar-refractivity contribution in [2.24, 2.45) is 0 Å². The summed E-state index contributed by atoms with van der Waals surface area (Å²) in [6.07, 6.45) is -1.09. The van der Waals surface area contributed by atoms with E-state index < -0.39 is 29.6 Å². The number of esters is 1. The molecule has 0 bridgehead atoms. The molecule has 0 aliphatic rings. The molecule has 0 heterocycles. The third-order valence-electron chi connectivity index (χ3n) is 3.18. The van der Waals surface area contributed by atoms with Crippen LogP contribution in [0.4, 0.5) is 14.5 Å². The van der Waals surface area contributed by atoms with Gasteiger partial charge in [0.25, 0.3) is 5.91 Å². The monoisotopic (exact) mass is 376 g/mol. The van der Waals surface area contributed by atoms with E-state index in [4.69, 9.17) is 10.00 Å². The topological polar surface area (TPSA) is 79.2 Å². The van der Waals surface area contributed by atoms with Crippen LogP contribution in [0.3, 0.4) is 0 Å². The average molecular weight is 376 g/mol. The molecule has 2 aromatic carbocycles. The summed E-state index contributed by atoms with van der Waals surface area (Å²) in [5.41, 5.74) is 0.772. The molecule has 1 N–H and O–H groups in total. The smallest absolute Gasteiger partial charge is 0.317 e. The molecule has 0 aromatic heterocycles. The van der Waals surface area contributed by atoms with Crippen LogP contribution in [0.2, 0.25) is 0 Å². The average Bonchev–Trinajstić information content (AvgIpc) is 2.62. The molecule has 2 aromatic rings. The second-order valence-corrected chi connectivity index (χ2v) is 6.19. The van der Waals surface area contributed by atoms with Gasteiger partial charge in [0, 0.05) is 10.6 Å². The summed E-state index contributed by atoms with van der Waals surface area (Å²) < 4.78 is 31.5. The quantitative estimate of drug-likeness (QED) is 0.617. The Morgan fingerprint density at radius 1 is 1.27 bits per heavy atom. The summed E-state index contributed by atoms with van der Waals surface area (Å²) in [5, 5.41) is 11.4. The van der Waals surface area contributed by atoms with Gasteiger partial charge in [-0.05, 0) is 43.3 Å². The van der Waals surface area contributed by atoms with Crippen LogP contribution in [0.15, 0.2) is 47.4 Å². The molecule has 26 heavy (non-hydrogen) atoms. The molecule has 0 saturated heterocycles. The van der Waals surface area contributed by atoms with Crippen LogP contribution in [0.1, 0.15) is 12.5 Å². The Labute approximate surface area is 153 Å². The van der Waals surface area contributed by atoms with Crippen molar-refractivity contribution in [3.05, 3.63) is 59.7 Å². The molecule has 0 spiro atoms. The van der Waals surface area contributed by atoms with Crippen LogP contribution in [0, 0.1) is 23.0 Å². The molecular formula is C18H14F2N2O3S. The minimum absolute atomic E-state index is 0.0210. The van der Waals surface area contributed by atoms with Gasteiger partial charge in [0.1, 0.15) is 11.6 Å². The molecule has 0 aliphatic carbocycles. The summed E-state index contributed by atoms with van der Waals surface area (Å²) in [6.45, 7) is 1.38. The molecule has 1 atom stereocenters. The fourth-order valence-electron chi connectivity index (χ4n) is 1.92. The van der Waals surface area contributed by atoms with Gasteiger partial charge < -0.3 is 10.1 Å². The number of nitrogens with zero attached hydrogens (tertiary/aromatic N) is 1. The van der Waals surface area contributed by atoms with Crippen LogP contribution in [-0.4, -0.2) is 23.7 Å². The zero-order valence-corrected chi connectivity index (χ0v) is 14.5. The predicted molar refractivity (Wildman–Crippen MR) is 92.4 cm³/mol. The van der Waals surface area contributed by atoms with Gasteiger partial charge in [0.2, 0.25) is 0 Å². The number of carbonyl (C=O) groups excluding carboxylic acids is 2. The number of ether oxygens (including phenoxy) is 1. The van der Waals surface area contributed by atoms with Crippen LogP contribution < -0.4 is 5.32 Å². The lowest BCUT2D eigenvalue weighted by molar-refractivity contribution is -0.150. The summed E-state index contributed by atoms with van der Waals surface area (Å²) in [5.74, 6) is -2.86. The van der Waals surface area contributed by atoms with E-state index in [2.05, 4.69) is 5.32 Å². The maximum atomic E-state index is 13.5. The Hall–Kier alpha value is -2.92. The van der Waals surface area contributed by atoms with E-state index in [1.807, 2.05) is 6.07 Å². The third kappa shape index (κ3) is 5.57. The number of thioether (sulfide) groups is 1. The first-order valence-corrected chi connectivity index (χ1v) is 8.46. The minimum atomic E-state index is -1.09. The lowest BCUT2D eigenvalue weighted by atomic mass is 10.2. The zero-order valence-electron chi connectivity index (χ0n) is 13.7. The van der Waals surface area contributed by atoms with E-state index in [0.29, 0.717) is 11.3 Å².